The highest BCUT2D eigenvalue weighted by molar-refractivity contribution is 5.94. The van der Waals surface area contributed by atoms with Crippen LogP contribution in [0.3, 0.4) is 0 Å². The van der Waals surface area contributed by atoms with E-state index in [0.717, 1.165) is 5.56 Å². The van der Waals surface area contributed by atoms with E-state index in [9.17, 15) is 9.59 Å². The van der Waals surface area contributed by atoms with E-state index >= 15 is 0 Å². The molecule has 0 aliphatic rings. The number of amides is 1. The first-order chi connectivity index (χ1) is 15.9. The lowest BCUT2D eigenvalue weighted by atomic mass is 10.1. The fourth-order valence-corrected chi connectivity index (χ4v) is 3.08. The highest BCUT2D eigenvalue weighted by atomic mass is 16.5. The Morgan fingerprint density at radius 1 is 0.788 bits per heavy atom. The Balaban J connectivity index is 2.33. The van der Waals surface area contributed by atoms with Crippen LogP contribution in [-0.4, -0.2) is 66.0 Å². The van der Waals surface area contributed by atoms with Gasteiger partial charge < -0.3 is 33.3 Å². The van der Waals surface area contributed by atoms with Crippen molar-refractivity contribution in [2.75, 3.05) is 49.2 Å². The van der Waals surface area contributed by atoms with Gasteiger partial charge in [0.05, 0.1) is 42.7 Å². The maximum atomic E-state index is 13.0. The average Bonchev–Trinajstić information content (AvgIpc) is 2.85. The quantitative estimate of drug-likeness (QED) is 0.374. The predicted octanol–water partition coefficient (Wildman–Crippen LogP) is 2.94. The number of nitrogens with zero attached hydrogens (tertiary/aromatic N) is 1. The molecule has 2 aromatic rings. The second-order valence-corrected chi connectivity index (χ2v) is 6.78. The van der Waals surface area contributed by atoms with Crippen LogP contribution in [0.2, 0.25) is 0 Å². The molecule has 33 heavy (non-hydrogen) atoms. The monoisotopic (exact) mass is 459 g/mol. The molecular formula is C24H29NO8. The summed E-state index contributed by atoms with van der Waals surface area (Å²) in [5.41, 5.74) is 1.38. The minimum Gasteiger partial charge on any atom is -0.497 e. The molecule has 2 rings (SSSR count). The van der Waals surface area contributed by atoms with E-state index in [1.54, 1.807) is 36.4 Å². The molecule has 2 aromatic carbocycles. The Labute approximate surface area is 193 Å². The van der Waals surface area contributed by atoms with Gasteiger partial charge in [0.1, 0.15) is 18.0 Å². The Hall–Kier alpha value is -3.88. The van der Waals surface area contributed by atoms with Gasteiger partial charge in [0.25, 0.3) is 0 Å². The van der Waals surface area contributed by atoms with Gasteiger partial charge >= 0.3 is 5.97 Å². The summed E-state index contributed by atoms with van der Waals surface area (Å²) in [6.45, 7) is -0.0878. The molecule has 0 saturated heterocycles. The minimum absolute atomic E-state index is 0.140. The SMILES string of the molecule is COC(=O)CN(Cc1cc(OC)cc(OC)c1)C(=O)/C=C/c1cc(OC)c(OC)c(OC)c1. The van der Waals surface area contributed by atoms with Crippen LogP contribution >= 0.6 is 0 Å². The molecule has 1 amide bonds. The molecular weight excluding hydrogens is 430 g/mol. The van der Waals surface area contributed by atoms with Crippen LogP contribution in [-0.2, 0) is 20.9 Å². The molecule has 0 N–H and O–H groups in total. The second-order valence-electron chi connectivity index (χ2n) is 6.78. The van der Waals surface area contributed by atoms with Crippen molar-refractivity contribution in [2.45, 2.75) is 6.54 Å². The zero-order chi connectivity index (χ0) is 24.4. The van der Waals surface area contributed by atoms with Crippen molar-refractivity contribution >= 4 is 18.0 Å². The molecule has 0 spiro atoms. The zero-order valence-corrected chi connectivity index (χ0v) is 19.7. The molecule has 0 atom stereocenters. The van der Waals surface area contributed by atoms with Crippen molar-refractivity contribution in [3.8, 4) is 28.7 Å². The lowest BCUT2D eigenvalue weighted by molar-refractivity contribution is -0.145. The fourth-order valence-electron chi connectivity index (χ4n) is 3.08. The molecule has 9 heteroatoms. The first-order valence-corrected chi connectivity index (χ1v) is 9.94. The van der Waals surface area contributed by atoms with E-state index in [-0.39, 0.29) is 13.1 Å². The van der Waals surface area contributed by atoms with E-state index in [4.69, 9.17) is 28.4 Å². The van der Waals surface area contributed by atoms with Crippen molar-refractivity contribution in [1.82, 2.24) is 4.90 Å². The summed E-state index contributed by atoms with van der Waals surface area (Å²) in [5, 5.41) is 0. The van der Waals surface area contributed by atoms with Crippen LogP contribution in [0.15, 0.2) is 36.4 Å². The van der Waals surface area contributed by atoms with Gasteiger partial charge in [-0.3, -0.25) is 9.59 Å². The van der Waals surface area contributed by atoms with Crippen LogP contribution in [0.4, 0.5) is 0 Å². The van der Waals surface area contributed by atoms with E-state index in [1.807, 2.05) is 0 Å². The lowest BCUT2D eigenvalue weighted by Gasteiger charge is -2.21. The van der Waals surface area contributed by atoms with Crippen LogP contribution < -0.4 is 23.7 Å². The van der Waals surface area contributed by atoms with Gasteiger partial charge in [-0.1, -0.05) is 0 Å². The van der Waals surface area contributed by atoms with Gasteiger partial charge in [-0.05, 0) is 41.5 Å². The van der Waals surface area contributed by atoms with Gasteiger partial charge in [0.15, 0.2) is 11.5 Å². The van der Waals surface area contributed by atoms with Crippen LogP contribution in [0.25, 0.3) is 6.08 Å². The van der Waals surface area contributed by atoms with Crippen molar-refractivity contribution in [1.29, 1.82) is 0 Å². The molecule has 0 unspecified atom stereocenters. The van der Waals surface area contributed by atoms with Gasteiger partial charge in [-0.2, -0.15) is 0 Å². The number of methoxy groups -OCH3 is 6. The predicted molar refractivity (Wildman–Crippen MR) is 122 cm³/mol. The maximum absolute atomic E-state index is 13.0. The highest BCUT2D eigenvalue weighted by Crippen LogP contribution is 2.38. The third-order valence-electron chi connectivity index (χ3n) is 4.75. The summed E-state index contributed by atoms with van der Waals surface area (Å²) in [7, 11) is 8.88. The summed E-state index contributed by atoms with van der Waals surface area (Å²) in [4.78, 5) is 26.3. The van der Waals surface area contributed by atoms with Crippen LogP contribution in [0.5, 0.6) is 28.7 Å². The zero-order valence-electron chi connectivity index (χ0n) is 19.7. The molecule has 0 fully saturated rings. The third kappa shape index (κ3) is 6.80. The Bertz CT molecular complexity index is 955. The first-order valence-electron chi connectivity index (χ1n) is 9.94. The molecule has 0 radical (unpaired) electrons. The molecule has 0 aliphatic carbocycles. The normalized spacial score (nSPS) is 10.5. The van der Waals surface area contributed by atoms with Gasteiger partial charge in [0.2, 0.25) is 11.7 Å². The first kappa shape index (κ1) is 25.4. The Kier molecular flexibility index (Phi) is 9.41. The van der Waals surface area contributed by atoms with Crippen LogP contribution in [0, 0.1) is 0 Å². The van der Waals surface area contributed by atoms with Crippen molar-refractivity contribution < 1.29 is 38.0 Å². The summed E-state index contributed by atoms with van der Waals surface area (Å²) in [5.74, 6) is 1.57. The summed E-state index contributed by atoms with van der Waals surface area (Å²) in [6, 6.07) is 8.68. The number of esters is 1. The molecule has 0 saturated carbocycles. The van der Waals surface area contributed by atoms with E-state index in [0.29, 0.717) is 34.3 Å². The topological polar surface area (TPSA) is 92.8 Å². The maximum Gasteiger partial charge on any atom is 0.325 e. The molecule has 0 bridgehead atoms. The van der Waals surface area contributed by atoms with Gasteiger partial charge in [-0.25, -0.2) is 0 Å². The molecule has 9 nitrogen and oxygen atoms in total. The van der Waals surface area contributed by atoms with E-state index in [2.05, 4.69) is 0 Å². The average molecular weight is 459 g/mol. The Morgan fingerprint density at radius 3 is 1.82 bits per heavy atom. The number of rotatable bonds is 11. The summed E-state index contributed by atoms with van der Waals surface area (Å²) >= 11 is 0. The number of carbonyl (C=O) groups excluding carboxylic acids is 2. The lowest BCUT2D eigenvalue weighted by Crippen LogP contribution is -2.34. The van der Waals surface area contributed by atoms with E-state index in [1.165, 1.54) is 53.6 Å². The standard InChI is InChI=1S/C24H29NO8/c1-28-18-9-17(10-19(13-18)29-2)14-25(15-23(27)32-5)22(26)8-7-16-11-20(30-3)24(33-6)21(12-16)31-4/h7-13H,14-15H2,1-6H3/b8-7+. The largest absolute Gasteiger partial charge is 0.497 e. The summed E-state index contributed by atoms with van der Waals surface area (Å²) < 4.78 is 31.3. The number of carbonyl (C=O) groups is 2. The van der Waals surface area contributed by atoms with Crippen molar-refractivity contribution in [3.05, 3.63) is 47.5 Å². The summed E-state index contributed by atoms with van der Waals surface area (Å²) in [6.07, 6.45) is 2.96. The third-order valence-corrected chi connectivity index (χ3v) is 4.75. The number of benzene rings is 2. The fraction of sp³-hybridized carbons (Fsp3) is 0.333. The number of ether oxygens (including phenoxy) is 6. The van der Waals surface area contributed by atoms with E-state index < -0.39 is 11.9 Å². The smallest absolute Gasteiger partial charge is 0.325 e. The molecule has 0 heterocycles. The van der Waals surface area contributed by atoms with Crippen molar-refractivity contribution in [3.63, 3.8) is 0 Å². The van der Waals surface area contributed by atoms with Gasteiger partial charge in [-0.15, -0.1) is 0 Å². The molecule has 0 aliphatic heterocycles. The second kappa shape index (κ2) is 12.2. The Morgan fingerprint density at radius 2 is 1.36 bits per heavy atom. The molecule has 178 valence electrons. The number of hydrogen-bond acceptors (Lipinski definition) is 8. The minimum atomic E-state index is -0.542. The van der Waals surface area contributed by atoms with Gasteiger partial charge in [0, 0.05) is 18.7 Å². The number of hydrogen-bond donors (Lipinski definition) is 0. The molecule has 0 aromatic heterocycles. The van der Waals surface area contributed by atoms with Crippen LogP contribution in [0.1, 0.15) is 11.1 Å². The highest BCUT2D eigenvalue weighted by Gasteiger charge is 2.18. The van der Waals surface area contributed by atoms with Crippen molar-refractivity contribution in [2.24, 2.45) is 0 Å².